The van der Waals surface area contributed by atoms with Gasteiger partial charge >= 0.3 is 0 Å². The monoisotopic (exact) mass is 401 g/mol. The lowest BCUT2D eigenvalue weighted by atomic mass is 9.97. The molecule has 0 aromatic heterocycles. The summed E-state index contributed by atoms with van der Waals surface area (Å²) in [4.78, 5) is 40.1. The third kappa shape index (κ3) is 4.90. The zero-order valence-corrected chi connectivity index (χ0v) is 17.1. The van der Waals surface area contributed by atoms with Crippen molar-refractivity contribution in [2.45, 2.75) is 19.8 Å². The van der Waals surface area contributed by atoms with E-state index in [4.69, 9.17) is 0 Å². The van der Waals surface area contributed by atoms with E-state index in [1.807, 2.05) is 30.3 Å². The van der Waals surface area contributed by atoms with Crippen molar-refractivity contribution in [1.82, 2.24) is 0 Å². The molecule has 0 saturated carbocycles. The second-order valence-electron chi connectivity index (χ2n) is 7.51. The molecule has 1 N–H and O–H groups in total. The number of anilines is 1. The Bertz CT molecular complexity index is 998. The highest BCUT2D eigenvalue weighted by Crippen LogP contribution is 2.32. The van der Waals surface area contributed by atoms with E-state index in [1.165, 1.54) is 0 Å². The van der Waals surface area contributed by atoms with Crippen LogP contribution in [0.15, 0.2) is 91.0 Å². The first-order valence-electron chi connectivity index (χ1n) is 10.0. The molecule has 2 unspecified atom stereocenters. The number of benzene rings is 3. The number of amides is 1. The van der Waals surface area contributed by atoms with E-state index in [9.17, 15) is 14.4 Å². The lowest BCUT2D eigenvalue weighted by Gasteiger charge is -2.26. The fourth-order valence-corrected chi connectivity index (χ4v) is 3.48. The quantitative estimate of drug-likeness (QED) is 0.420. The number of para-hydroxylation sites is 1. The minimum Gasteiger partial charge on any atom is -0.325 e. The number of carbonyl (C=O) groups is 3. The Hall–Kier alpha value is -3.53. The topological polar surface area (TPSA) is 63.2 Å². The van der Waals surface area contributed by atoms with Crippen molar-refractivity contribution >= 4 is 23.2 Å². The molecule has 0 spiro atoms. The van der Waals surface area contributed by atoms with Crippen LogP contribution >= 0.6 is 0 Å². The molecule has 0 bridgehead atoms. The number of Topliss-reactive ketones (excluding diaryl/α,β-unsaturated/α-hetero) is 2. The van der Waals surface area contributed by atoms with Crippen LogP contribution in [0.5, 0.6) is 0 Å². The molecule has 0 radical (unpaired) electrons. The third-order valence-corrected chi connectivity index (χ3v) is 5.03. The third-order valence-electron chi connectivity index (χ3n) is 5.03. The first-order valence-corrected chi connectivity index (χ1v) is 10.0. The average Bonchev–Trinajstić information content (AvgIpc) is 2.78. The van der Waals surface area contributed by atoms with Gasteiger partial charge in [0, 0.05) is 17.2 Å². The highest BCUT2D eigenvalue weighted by atomic mass is 16.2. The molecule has 30 heavy (non-hydrogen) atoms. The lowest BCUT2D eigenvalue weighted by molar-refractivity contribution is -0.133. The van der Waals surface area contributed by atoms with Crippen LogP contribution in [0.1, 0.15) is 35.7 Å². The van der Waals surface area contributed by atoms with Crippen LogP contribution in [0.3, 0.4) is 0 Å². The highest BCUT2D eigenvalue weighted by molar-refractivity contribution is 6.14. The van der Waals surface area contributed by atoms with Gasteiger partial charge in [-0.15, -0.1) is 0 Å². The summed E-state index contributed by atoms with van der Waals surface area (Å²) in [6, 6.07) is 26.8. The maximum absolute atomic E-state index is 13.5. The summed E-state index contributed by atoms with van der Waals surface area (Å²) in [5, 5.41) is 2.82. The van der Waals surface area contributed by atoms with Gasteiger partial charge in [-0.25, -0.2) is 0 Å². The van der Waals surface area contributed by atoms with Crippen LogP contribution in [-0.4, -0.2) is 17.5 Å². The zero-order valence-electron chi connectivity index (χ0n) is 17.1. The van der Waals surface area contributed by atoms with E-state index in [0.29, 0.717) is 16.8 Å². The average molecular weight is 401 g/mol. The van der Waals surface area contributed by atoms with Gasteiger partial charge in [-0.1, -0.05) is 92.7 Å². The smallest absolute Gasteiger partial charge is 0.236 e. The molecule has 4 nitrogen and oxygen atoms in total. The highest BCUT2D eigenvalue weighted by Gasteiger charge is 2.41. The summed E-state index contributed by atoms with van der Waals surface area (Å²) in [5.74, 6) is -3.43. The predicted octanol–water partition coefficient (Wildman–Crippen LogP) is 5.13. The summed E-state index contributed by atoms with van der Waals surface area (Å²) >= 11 is 0. The Labute approximate surface area is 176 Å². The fraction of sp³-hybridized carbons (Fsp3) is 0.192. The van der Waals surface area contributed by atoms with Crippen molar-refractivity contribution in [3.63, 3.8) is 0 Å². The Morgan fingerprint density at radius 3 is 1.77 bits per heavy atom. The van der Waals surface area contributed by atoms with Crippen molar-refractivity contribution in [2.24, 2.45) is 11.8 Å². The Balaban J connectivity index is 2.07. The number of hydrogen-bond acceptors (Lipinski definition) is 3. The van der Waals surface area contributed by atoms with E-state index >= 15 is 0 Å². The number of hydrogen-bond donors (Lipinski definition) is 1. The molecule has 4 heteroatoms. The molecule has 3 rings (SSSR count). The maximum atomic E-state index is 13.5. The minimum atomic E-state index is -1.14. The van der Waals surface area contributed by atoms with E-state index < -0.39 is 23.7 Å². The minimum absolute atomic E-state index is 0.246. The van der Waals surface area contributed by atoms with Crippen molar-refractivity contribution in [2.75, 3.05) is 5.32 Å². The summed E-state index contributed by atoms with van der Waals surface area (Å²) in [6.07, 6.45) is 0. The molecule has 3 aromatic carbocycles. The Morgan fingerprint density at radius 1 is 0.733 bits per heavy atom. The standard InChI is InChI=1S/C26H25NO3/c1-18(2)24(28)23(26(30)27-21-16-10-5-11-17-21)22(19-12-6-3-7-13-19)25(29)20-14-8-4-9-15-20/h3-18,22-23H,1-2H3,(H,27,30)/i22+2. The Morgan fingerprint density at radius 2 is 1.23 bits per heavy atom. The SMILES string of the molecule is CC(C)C(=O)C(C(=O)Nc1ccccc1)[14CH](C(=O)c1ccccc1)c1ccccc1. The molecule has 0 aliphatic rings. The van der Waals surface area contributed by atoms with Crippen LogP contribution in [0.25, 0.3) is 0 Å². The van der Waals surface area contributed by atoms with Crippen molar-refractivity contribution in [3.05, 3.63) is 102 Å². The molecule has 152 valence electrons. The van der Waals surface area contributed by atoms with Gasteiger partial charge < -0.3 is 5.32 Å². The van der Waals surface area contributed by atoms with Crippen LogP contribution in [-0.2, 0) is 9.59 Å². The predicted molar refractivity (Wildman–Crippen MR) is 118 cm³/mol. The molecule has 1 amide bonds. The van der Waals surface area contributed by atoms with E-state index in [0.717, 1.165) is 0 Å². The van der Waals surface area contributed by atoms with Gasteiger partial charge in [0.05, 0.1) is 5.92 Å². The van der Waals surface area contributed by atoms with Gasteiger partial charge in [0.25, 0.3) is 0 Å². The van der Waals surface area contributed by atoms with Gasteiger partial charge in [-0.2, -0.15) is 0 Å². The van der Waals surface area contributed by atoms with Gasteiger partial charge in [-0.05, 0) is 17.7 Å². The van der Waals surface area contributed by atoms with E-state index in [1.54, 1.807) is 74.5 Å². The summed E-state index contributed by atoms with van der Waals surface area (Å²) in [6.45, 7) is 3.50. The zero-order chi connectivity index (χ0) is 21.5. The molecule has 0 aliphatic heterocycles. The Kier molecular flexibility index (Phi) is 6.91. The summed E-state index contributed by atoms with van der Waals surface area (Å²) in [5.41, 5.74) is 1.71. The molecule has 3 aromatic rings. The molecular formula is C26H25NO3. The second kappa shape index (κ2) is 9.79. The lowest BCUT2D eigenvalue weighted by Crippen LogP contribution is -2.40. The van der Waals surface area contributed by atoms with Gasteiger partial charge in [0.2, 0.25) is 5.91 Å². The molecule has 2 atom stereocenters. The van der Waals surface area contributed by atoms with Crippen LogP contribution in [0.4, 0.5) is 5.69 Å². The van der Waals surface area contributed by atoms with Gasteiger partial charge in [0.1, 0.15) is 11.7 Å². The fourth-order valence-electron chi connectivity index (χ4n) is 3.48. The van der Waals surface area contributed by atoms with Crippen molar-refractivity contribution in [3.8, 4) is 0 Å². The van der Waals surface area contributed by atoms with Crippen molar-refractivity contribution in [1.29, 1.82) is 0 Å². The molecular weight excluding hydrogens is 376 g/mol. The summed E-state index contributed by atoms with van der Waals surface area (Å²) < 4.78 is 0. The molecule has 0 heterocycles. The number of ketones is 2. The molecule has 0 saturated heterocycles. The second-order valence-corrected chi connectivity index (χ2v) is 7.51. The first-order chi connectivity index (χ1) is 14.5. The molecule has 0 aliphatic carbocycles. The van der Waals surface area contributed by atoms with Crippen LogP contribution in [0, 0.1) is 11.8 Å². The van der Waals surface area contributed by atoms with Crippen LogP contribution < -0.4 is 5.32 Å². The molecule has 0 fully saturated rings. The summed E-state index contributed by atoms with van der Waals surface area (Å²) in [7, 11) is 0. The van der Waals surface area contributed by atoms with E-state index in [2.05, 4.69) is 5.32 Å². The van der Waals surface area contributed by atoms with Gasteiger partial charge in [-0.3, -0.25) is 14.4 Å². The number of nitrogens with one attached hydrogen (secondary N) is 1. The number of carbonyl (C=O) groups excluding carboxylic acids is 3. The number of rotatable bonds is 8. The maximum Gasteiger partial charge on any atom is 0.236 e. The van der Waals surface area contributed by atoms with Crippen molar-refractivity contribution < 1.29 is 14.4 Å². The largest absolute Gasteiger partial charge is 0.325 e. The van der Waals surface area contributed by atoms with E-state index in [-0.39, 0.29) is 11.6 Å². The normalized spacial score (nSPS) is 12.8. The van der Waals surface area contributed by atoms with Gasteiger partial charge in [0.15, 0.2) is 5.78 Å². The first kappa shape index (κ1) is 21.2. The van der Waals surface area contributed by atoms with Crippen LogP contribution in [0.2, 0.25) is 0 Å².